The van der Waals surface area contributed by atoms with Crippen molar-refractivity contribution in [1.29, 1.82) is 0 Å². The summed E-state index contributed by atoms with van der Waals surface area (Å²) in [6, 6.07) is 11.5. The van der Waals surface area contributed by atoms with Crippen LogP contribution < -0.4 is 14.4 Å². The van der Waals surface area contributed by atoms with E-state index in [0.29, 0.717) is 43.8 Å². The number of aryl methyl sites for hydroxylation is 1. The lowest BCUT2D eigenvalue weighted by Gasteiger charge is -2.46. The van der Waals surface area contributed by atoms with Gasteiger partial charge in [0, 0.05) is 43.3 Å². The van der Waals surface area contributed by atoms with Crippen molar-refractivity contribution >= 4 is 33.2 Å². The van der Waals surface area contributed by atoms with E-state index in [1.54, 1.807) is 13.2 Å². The molecule has 2 heterocycles. The molecule has 1 fully saturated rings. The van der Waals surface area contributed by atoms with E-state index in [1.807, 2.05) is 18.2 Å². The molecular weight excluding hydrogens is 640 g/mol. The minimum absolute atomic E-state index is 0.00595. The number of nitrogens with zero attached hydrogens (tertiary/aromatic N) is 1. The maximum atomic E-state index is 13.6. The Morgan fingerprint density at radius 2 is 1.91 bits per heavy atom. The summed E-state index contributed by atoms with van der Waals surface area (Å²) >= 11 is 6.44. The van der Waals surface area contributed by atoms with Crippen LogP contribution in [-0.2, 0) is 36.1 Å². The van der Waals surface area contributed by atoms with Gasteiger partial charge in [-0.25, -0.2) is 13.1 Å². The molecule has 0 aromatic heterocycles. The summed E-state index contributed by atoms with van der Waals surface area (Å²) < 4.78 is 53.3. The van der Waals surface area contributed by atoms with E-state index >= 15 is 0 Å². The van der Waals surface area contributed by atoms with Gasteiger partial charge in [-0.15, -0.1) is 0 Å². The topological polar surface area (TPSA) is 103 Å². The fraction of sp³-hybridized carbons (Fsp3) is 0.639. The summed E-state index contributed by atoms with van der Waals surface area (Å²) in [4.78, 5) is 16.0. The number of methoxy groups -OCH3 is 2. The number of hydrogen-bond acceptors (Lipinski definition) is 8. The summed E-state index contributed by atoms with van der Waals surface area (Å²) in [7, 11) is -0.835. The fourth-order valence-corrected chi connectivity index (χ4v) is 9.94. The van der Waals surface area contributed by atoms with Gasteiger partial charge < -0.3 is 23.8 Å². The number of sulfonamides is 1. The highest BCUT2D eigenvalue weighted by atomic mass is 35.5. The van der Waals surface area contributed by atoms with Crippen LogP contribution in [0.2, 0.25) is 5.02 Å². The molecule has 2 bridgehead atoms. The first-order valence-corrected chi connectivity index (χ1v) is 19.0. The Balaban J connectivity index is 1.40. The number of rotatable bonds is 6. The van der Waals surface area contributed by atoms with Gasteiger partial charge in [0.1, 0.15) is 11.0 Å². The third-order valence-electron chi connectivity index (χ3n) is 11.0. The molecule has 0 unspecified atom stereocenters. The lowest BCUT2D eigenvalue weighted by molar-refractivity contribution is -0.0618. The summed E-state index contributed by atoms with van der Waals surface area (Å²) in [5.74, 6) is 0.936. The van der Waals surface area contributed by atoms with E-state index in [1.165, 1.54) is 18.2 Å². The Hall–Kier alpha value is -2.37. The van der Waals surface area contributed by atoms with E-state index in [2.05, 4.69) is 28.7 Å². The summed E-state index contributed by atoms with van der Waals surface area (Å²) in [5.41, 5.74) is 3.41. The van der Waals surface area contributed by atoms with Crippen molar-refractivity contribution in [3.8, 4) is 5.75 Å². The first kappa shape index (κ1) is 34.5. The minimum atomic E-state index is -4.01. The second kappa shape index (κ2) is 14.6. The van der Waals surface area contributed by atoms with Crippen LogP contribution >= 0.6 is 11.6 Å². The number of benzene rings is 2. The van der Waals surface area contributed by atoms with Crippen molar-refractivity contribution in [2.45, 2.75) is 75.1 Å². The minimum Gasteiger partial charge on any atom is -0.490 e. The van der Waals surface area contributed by atoms with E-state index in [9.17, 15) is 13.2 Å². The highest BCUT2D eigenvalue weighted by Crippen LogP contribution is 2.47. The number of carbonyl (C=O) groups is 1. The molecule has 1 amide bonds. The van der Waals surface area contributed by atoms with Gasteiger partial charge in [-0.1, -0.05) is 24.6 Å². The third kappa shape index (κ3) is 7.47. The van der Waals surface area contributed by atoms with Crippen molar-refractivity contribution in [3.05, 3.63) is 58.1 Å². The smallest absolute Gasteiger partial charge is 0.264 e. The second-order valence-electron chi connectivity index (χ2n) is 14.2. The van der Waals surface area contributed by atoms with Crippen LogP contribution in [-0.4, -0.2) is 79.4 Å². The zero-order valence-corrected chi connectivity index (χ0v) is 29.4. The summed E-state index contributed by atoms with van der Waals surface area (Å²) in [6.07, 6.45) is 7.27. The number of carbonyl (C=O) groups excluding carboxylic acids is 1. The molecule has 258 valence electrons. The van der Waals surface area contributed by atoms with Crippen LogP contribution in [0.25, 0.3) is 0 Å². The van der Waals surface area contributed by atoms with Crippen molar-refractivity contribution < 1.29 is 32.2 Å². The summed E-state index contributed by atoms with van der Waals surface area (Å²) in [6.45, 7) is 5.17. The molecule has 2 aliphatic carbocycles. The SMILES string of the molecule is COCCO[C@H]1CC[C@@H](C)C[C@@H](COC)S(=O)(=O)NC(=O)c2ccc3c(c2)N(C[C@@H]2CC[C@H]21)C[C@@]1(CCCc2cc(Cl)ccc21)CO3. The first-order valence-electron chi connectivity index (χ1n) is 17.1. The highest BCUT2D eigenvalue weighted by Gasteiger charge is 2.45. The van der Waals surface area contributed by atoms with Crippen molar-refractivity contribution in [3.63, 3.8) is 0 Å². The lowest BCUT2D eigenvalue weighted by Crippen LogP contribution is -2.50. The maximum absolute atomic E-state index is 13.6. The molecule has 4 aliphatic rings. The molecule has 2 aliphatic heterocycles. The normalized spacial score (nSPS) is 30.7. The van der Waals surface area contributed by atoms with E-state index in [-0.39, 0.29) is 29.6 Å². The van der Waals surface area contributed by atoms with Crippen molar-refractivity contribution in [2.24, 2.45) is 17.8 Å². The van der Waals surface area contributed by atoms with Gasteiger partial charge in [0.05, 0.1) is 38.2 Å². The molecule has 47 heavy (non-hydrogen) atoms. The van der Waals surface area contributed by atoms with Crippen LogP contribution in [0.15, 0.2) is 36.4 Å². The average molecular weight is 689 g/mol. The Kier molecular flexibility index (Phi) is 10.7. The Labute approximate surface area is 284 Å². The molecule has 6 rings (SSSR count). The van der Waals surface area contributed by atoms with Gasteiger partial charge in [0.15, 0.2) is 0 Å². The van der Waals surface area contributed by atoms with Crippen LogP contribution in [0.3, 0.4) is 0 Å². The molecule has 11 heteroatoms. The molecule has 2 aromatic rings. The molecule has 9 nitrogen and oxygen atoms in total. The maximum Gasteiger partial charge on any atom is 0.264 e. The van der Waals surface area contributed by atoms with Gasteiger partial charge >= 0.3 is 0 Å². The molecule has 1 N–H and O–H groups in total. The predicted octanol–water partition coefficient (Wildman–Crippen LogP) is 5.77. The Morgan fingerprint density at radius 1 is 1.06 bits per heavy atom. The predicted molar refractivity (Wildman–Crippen MR) is 183 cm³/mol. The Bertz CT molecular complexity index is 1540. The average Bonchev–Trinajstić information content (AvgIpc) is 3.17. The molecule has 2 aromatic carbocycles. The number of halogens is 1. The standard InChI is InChI=1S/C36H49ClN2O7S/c1-24-6-12-33(45-16-15-43-2)30-10-7-27(30)20-39-22-36(14-4-5-25-18-28(37)9-11-31(25)36)23-46-34-13-8-26(19-32(34)39)35(40)38-47(41,42)29(17-24)21-44-3/h8-9,11,13,18-19,24,27,29-30,33H,4-7,10,12,14-17,20-23H2,1-3H3,(H,38,40)/t24-,27+,29+,30-,33+,36+/m1/s1. The first-order chi connectivity index (χ1) is 22.6. The van der Waals surface area contributed by atoms with Crippen LogP contribution in [0.4, 0.5) is 5.69 Å². The molecule has 0 saturated heterocycles. The van der Waals surface area contributed by atoms with Gasteiger partial charge in [0.25, 0.3) is 5.91 Å². The Morgan fingerprint density at radius 3 is 2.68 bits per heavy atom. The van der Waals surface area contributed by atoms with Gasteiger partial charge in [0.2, 0.25) is 10.0 Å². The number of hydrogen-bond donors (Lipinski definition) is 1. The zero-order valence-electron chi connectivity index (χ0n) is 27.8. The zero-order chi connectivity index (χ0) is 33.2. The fourth-order valence-electron chi connectivity index (χ4n) is 8.31. The van der Waals surface area contributed by atoms with Crippen molar-refractivity contribution in [2.75, 3.05) is 58.6 Å². The van der Waals surface area contributed by atoms with Gasteiger partial charge in [-0.05, 0) is 111 Å². The molecule has 1 saturated carbocycles. The number of ether oxygens (including phenoxy) is 4. The van der Waals surface area contributed by atoms with Crippen LogP contribution in [0, 0.1) is 17.8 Å². The third-order valence-corrected chi connectivity index (χ3v) is 12.9. The molecule has 6 atom stereocenters. The van der Waals surface area contributed by atoms with Crippen LogP contribution in [0.1, 0.15) is 73.4 Å². The van der Waals surface area contributed by atoms with E-state index in [0.717, 1.165) is 68.7 Å². The highest BCUT2D eigenvalue weighted by molar-refractivity contribution is 7.90. The second-order valence-corrected chi connectivity index (χ2v) is 16.6. The number of anilines is 1. The molecule has 1 spiro atoms. The van der Waals surface area contributed by atoms with Crippen LogP contribution in [0.5, 0.6) is 5.75 Å². The molecular formula is C36H49ClN2O7S. The molecule has 0 radical (unpaired) electrons. The summed E-state index contributed by atoms with van der Waals surface area (Å²) in [5, 5.41) is -0.114. The number of fused-ring (bicyclic) bond motifs is 4. The van der Waals surface area contributed by atoms with E-state index in [4.69, 9.17) is 30.5 Å². The monoisotopic (exact) mass is 688 g/mol. The van der Waals surface area contributed by atoms with Gasteiger partial charge in [-0.2, -0.15) is 0 Å². The van der Waals surface area contributed by atoms with E-state index < -0.39 is 21.2 Å². The number of amides is 1. The van der Waals surface area contributed by atoms with Gasteiger partial charge in [-0.3, -0.25) is 4.79 Å². The van der Waals surface area contributed by atoms with Crippen molar-refractivity contribution in [1.82, 2.24) is 4.72 Å². The lowest BCUT2D eigenvalue weighted by atomic mass is 9.68. The number of nitrogens with one attached hydrogen (secondary N) is 1. The largest absolute Gasteiger partial charge is 0.490 e. The quantitative estimate of drug-likeness (QED) is 0.382.